The molecule has 1 heterocycles. The minimum atomic E-state index is -0.0367. The van der Waals surface area contributed by atoms with Crippen LogP contribution in [-0.4, -0.2) is 35.5 Å². The lowest BCUT2D eigenvalue weighted by Crippen LogP contribution is -2.30. The number of halogens is 2. The van der Waals surface area contributed by atoms with E-state index >= 15 is 0 Å². The smallest absolute Gasteiger partial charge is 0.352 e. The predicted octanol–water partition coefficient (Wildman–Crippen LogP) is 4.48. The maximum absolute atomic E-state index is 5.51. The summed E-state index contributed by atoms with van der Waals surface area (Å²) in [6, 6.07) is 0. The molecular formula is C12H23Br2MgO2. The van der Waals surface area contributed by atoms with Crippen molar-refractivity contribution >= 4 is 41.8 Å². The summed E-state index contributed by atoms with van der Waals surface area (Å²) >= 11 is 6.44. The number of ether oxygens (including phenoxy) is 2. The summed E-state index contributed by atoms with van der Waals surface area (Å²) in [4.78, 5) is 0. The van der Waals surface area contributed by atoms with Crippen LogP contribution in [0.5, 0.6) is 0 Å². The topological polar surface area (TPSA) is 18.5 Å². The Labute approximate surface area is 128 Å². The molecular weight excluding hydrogens is 360 g/mol. The second-order valence-electron chi connectivity index (χ2n) is 4.17. The normalized spacial score (nSPS) is 17.9. The van der Waals surface area contributed by atoms with Gasteiger partial charge < -0.3 is 9.47 Å². The van der Waals surface area contributed by atoms with Gasteiger partial charge in [-0.05, 0) is 19.8 Å². The molecule has 1 fully saturated rings. The first-order valence-corrected chi connectivity index (χ1v) is 14.2. The Morgan fingerprint density at radius 3 is 2.35 bits per heavy atom. The fourth-order valence-electron chi connectivity index (χ4n) is 1.75. The molecule has 0 aliphatic carbocycles. The van der Waals surface area contributed by atoms with Crippen LogP contribution < -0.4 is 0 Å². The van der Waals surface area contributed by atoms with Gasteiger partial charge in [-0.25, -0.2) is 0 Å². The van der Waals surface area contributed by atoms with Crippen LogP contribution in [0.25, 0.3) is 0 Å². The molecule has 1 unspecified atom stereocenters. The van der Waals surface area contributed by atoms with Crippen molar-refractivity contribution in [1.82, 2.24) is 0 Å². The molecule has 0 aromatic carbocycles. The fraction of sp³-hybridized carbons (Fsp3) is 0.917. The fourth-order valence-corrected chi connectivity index (χ4v) is 1.75. The van der Waals surface area contributed by atoms with Crippen LogP contribution >= 0.6 is 25.8 Å². The van der Waals surface area contributed by atoms with E-state index in [4.69, 9.17) is 9.47 Å². The molecule has 1 aliphatic heterocycles. The van der Waals surface area contributed by atoms with Crippen molar-refractivity contribution in [3.05, 3.63) is 6.92 Å². The van der Waals surface area contributed by atoms with Crippen LogP contribution in [0.1, 0.15) is 45.4 Å². The largest absolute Gasteiger partial charge is 0.560 e. The number of hydrogen-bond acceptors (Lipinski definition) is 2. The molecule has 0 N–H and O–H groups in total. The Morgan fingerprint density at radius 1 is 1.24 bits per heavy atom. The standard InChI is InChI=1S/C12H23O2.2BrH.Mg/c1-3-4-5-6-8-11(2)12-13-9-7-10-14-12;;;/h11-12H,2-10H2,1H3;2*1H;/q;;;+2/p-2. The summed E-state index contributed by atoms with van der Waals surface area (Å²) < 4.78 is 11.0. The van der Waals surface area contributed by atoms with Crippen LogP contribution in [0.15, 0.2) is 0 Å². The number of unbranched alkanes of at least 4 members (excludes halogenated alkanes) is 3. The highest BCUT2D eigenvalue weighted by Gasteiger charge is 2.20. The monoisotopic (exact) mass is 381 g/mol. The van der Waals surface area contributed by atoms with Crippen molar-refractivity contribution in [3.8, 4) is 0 Å². The van der Waals surface area contributed by atoms with Crippen molar-refractivity contribution in [1.29, 1.82) is 0 Å². The Morgan fingerprint density at radius 2 is 1.82 bits per heavy atom. The first-order chi connectivity index (χ1) is 8.26. The van der Waals surface area contributed by atoms with Gasteiger partial charge >= 0.3 is 16.0 Å². The van der Waals surface area contributed by atoms with Crippen LogP contribution in [0.4, 0.5) is 0 Å². The summed E-state index contributed by atoms with van der Waals surface area (Å²) in [5.74, 6) is 0.312. The summed E-state index contributed by atoms with van der Waals surface area (Å²) in [5.41, 5.74) is 0. The summed E-state index contributed by atoms with van der Waals surface area (Å²) in [7, 11) is 0. The molecule has 1 radical (unpaired) electrons. The van der Waals surface area contributed by atoms with E-state index in [0.29, 0.717) is 5.92 Å². The van der Waals surface area contributed by atoms with E-state index in [1.807, 2.05) is 0 Å². The third kappa shape index (κ3) is 11.2. The molecule has 1 rings (SSSR count). The van der Waals surface area contributed by atoms with Gasteiger partial charge in [0.05, 0.1) is 13.2 Å². The van der Waals surface area contributed by atoms with Crippen molar-refractivity contribution in [2.24, 2.45) is 5.92 Å². The van der Waals surface area contributed by atoms with Gasteiger partial charge in [0.25, 0.3) is 0 Å². The highest BCUT2D eigenvalue weighted by molar-refractivity contribution is 9.47. The van der Waals surface area contributed by atoms with E-state index in [1.165, 1.54) is 25.7 Å². The Balaban J connectivity index is 0.000000770. The molecule has 0 bridgehead atoms. The molecule has 1 atom stereocenters. The highest BCUT2D eigenvalue weighted by Crippen LogP contribution is 2.19. The summed E-state index contributed by atoms with van der Waals surface area (Å²) in [6.07, 6.45) is 7.31. The minimum Gasteiger partial charge on any atom is -0.352 e. The first kappa shape index (κ1) is 18.6. The van der Waals surface area contributed by atoms with Gasteiger partial charge in [-0.3, -0.25) is 25.8 Å². The van der Waals surface area contributed by atoms with Gasteiger partial charge in [0.2, 0.25) is 0 Å². The molecule has 5 heteroatoms. The quantitative estimate of drug-likeness (QED) is 0.497. The number of rotatable bonds is 6. The second kappa shape index (κ2) is 14.1. The molecule has 0 amide bonds. The first-order valence-electron chi connectivity index (χ1n) is 6.44. The number of hydrogen-bond donors (Lipinski definition) is 0. The Kier molecular flexibility index (Phi) is 15.4. The highest BCUT2D eigenvalue weighted by atomic mass is 79.9. The zero-order valence-electron chi connectivity index (χ0n) is 10.8. The van der Waals surface area contributed by atoms with Crippen LogP contribution in [0, 0.1) is 12.8 Å². The van der Waals surface area contributed by atoms with E-state index in [1.54, 1.807) is 0 Å². The molecule has 2 nitrogen and oxygen atoms in total. The molecule has 17 heavy (non-hydrogen) atoms. The van der Waals surface area contributed by atoms with Crippen molar-refractivity contribution < 1.29 is 9.47 Å². The predicted molar refractivity (Wildman–Crippen MR) is 81.5 cm³/mol. The van der Waals surface area contributed by atoms with Crippen molar-refractivity contribution in [2.75, 3.05) is 13.2 Å². The molecule has 0 aromatic rings. The summed E-state index contributed by atoms with van der Waals surface area (Å²) in [6.45, 7) is 8.02. The second-order valence-corrected chi connectivity index (χ2v) is 12.3. The van der Waals surface area contributed by atoms with Gasteiger partial charge in [0.1, 0.15) is 0 Å². The molecule has 0 aromatic heterocycles. The molecule has 99 valence electrons. The van der Waals surface area contributed by atoms with Crippen LogP contribution in [0.3, 0.4) is 0 Å². The minimum absolute atomic E-state index is 0.0367. The SMILES string of the molecule is [Br][Mg][Br].[CH2]C(CCCCCC)C1OCCCO1. The van der Waals surface area contributed by atoms with Crippen molar-refractivity contribution in [2.45, 2.75) is 51.7 Å². The van der Waals surface area contributed by atoms with Gasteiger partial charge in [0.15, 0.2) is 6.29 Å². The van der Waals surface area contributed by atoms with Crippen LogP contribution in [0.2, 0.25) is 0 Å². The van der Waals surface area contributed by atoms with Gasteiger partial charge in [0, 0.05) is 5.92 Å². The van der Waals surface area contributed by atoms with E-state index in [0.717, 1.165) is 26.1 Å². The van der Waals surface area contributed by atoms with Gasteiger partial charge in [-0.1, -0.05) is 32.6 Å². The maximum Gasteiger partial charge on any atom is 0.560 e. The zero-order valence-corrected chi connectivity index (χ0v) is 15.4. The molecule has 0 saturated carbocycles. The van der Waals surface area contributed by atoms with Gasteiger partial charge in [-0.15, -0.1) is 0 Å². The van der Waals surface area contributed by atoms with E-state index in [-0.39, 0.29) is 22.3 Å². The molecule has 1 saturated heterocycles. The Bertz CT molecular complexity index is 155. The lowest BCUT2D eigenvalue weighted by Gasteiger charge is -2.28. The summed E-state index contributed by atoms with van der Waals surface area (Å²) in [5, 5.41) is 0. The van der Waals surface area contributed by atoms with E-state index in [2.05, 4.69) is 39.6 Å². The lowest BCUT2D eigenvalue weighted by atomic mass is 10.0. The van der Waals surface area contributed by atoms with Crippen LogP contribution in [-0.2, 0) is 9.47 Å². The lowest BCUT2D eigenvalue weighted by molar-refractivity contribution is -0.198. The van der Waals surface area contributed by atoms with Gasteiger partial charge in [-0.2, -0.15) is 0 Å². The molecule has 0 spiro atoms. The maximum atomic E-state index is 5.51. The average Bonchev–Trinajstić information content (AvgIpc) is 2.36. The van der Waals surface area contributed by atoms with Crippen molar-refractivity contribution in [3.63, 3.8) is 0 Å². The average molecular weight is 383 g/mol. The third-order valence-electron chi connectivity index (χ3n) is 2.67. The third-order valence-corrected chi connectivity index (χ3v) is 2.67. The Hall–Kier alpha value is 1.65. The van der Waals surface area contributed by atoms with E-state index in [9.17, 15) is 0 Å². The molecule has 1 aliphatic rings. The van der Waals surface area contributed by atoms with E-state index < -0.39 is 0 Å². The zero-order chi connectivity index (χ0) is 12.9.